The second kappa shape index (κ2) is 5.11. The SMILES string of the molecule is Cc1c(C(=O)N=C(N)N)cnn1-c1ccccc1Cl. The molecule has 4 N–H and O–H groups in total. The Morgan fingerprint density at radius 2 is 2.05 bits per heavy atom. The molecule has 0 saturated heterocycles. The van der Waals surface area contributed by atoms with E-state index in [0.29, 0.717) is 22.0 Å². The minimum absolute atomic E-state index is 0.283. The number of hydrogen-bond donors (Lipinski definition) is 2. The van der Waals surface area contributed by atoms with Gasteiger partial charge in [0.1, 0.15) is 0 Å². The van der Waals surface area contributed by atoms with Gasteiger partial charge in [-0.25, -0.2) is 4.68 Å². The first-order valence-electron chi connectivity index (χ1n) is 5.44. The van der Waals surface area contributed by atoms with Crippen molar-refractivity contribution < 1.29 is 4.79 Å². The van der Waals surface area contributed by atoms with E-state index in [-0.39, 0.29) is 5.96 Å². The number of para-hydroxylation sites is 1. The second-order valence-corrected chi connectivity index (χ2v) is 4.26. The minimum atomic E-state index is -0.532. The molecular formula is C12H12ClN5O. The molecule has 0 atom stereocenters. The van der Waals surface area contributed by atoms with E-state index in [1.54, 1.807) is 23.7 Å². The van der Waals surface area contributed by atoms with Crippen molar-refractivity contribution in [2.45, 2.75) is 6.92 Å². The van der Waals surface area contributed by atoms with E-state index in [1.165, 1.54) is 6.20 Å². The zero-order valence-corrected chi connectivity index (χ0v) is 10.9. The fraction of sp³-hybridized carbons (Fsp3) is 0.0833. The summed E-state index contributed by atoms with van der Waals surface area (Å²) in [6, 6.07) is 7.20. The van der Waals surface area contributed by atoms with Crippen LogP contribution < -0.4 is 11.5 Å². The molecule has 2 aromatic rings. The molecule has 1 aromatic heterocycles. The fourth-order valence-corrected chi connectivity index (χ4v) is 1.88. The Labute approximate surface area is 114 Å². The van der Waals surface area contributed by atoms with Crippen molar-refractivity contribution in [2.24, 2.45) is 16.5 Å². The first-order chi connectivity index (χ1) is 9.00. The zero-order valence-electron chi connectivity index (χ0n) is 10.2. The quantitative estimate of drug-likeness (QED) is 0.637. The average molecular weight is 278 g/mol. The first-order valence-corrected chi connectivity index (χ1v) is 5.82. The molecule has 0 unspecified atom stereocenters. The number of halogens is 1. The number of nitrogens with two attached hydrogens (primary N) is 2. The van der Waals surface area contributed by atoms with Gasteiger partial charge < -0.3 is 11.5 Å². The lowest BCUT2D eigenvalue weighted by atomic mass is 10.2. The molecule has 6 nitrogen and oxygen atoms in total. The van der Waals surface area contributed by atoms with Crippen molar-refractivity contribution >= 4 is 23.5 Å². The van der Waals surface area contributed by atoms with Crippen LogP contribution in [0.3, 0.4) is 0 Å². The van der Waals surface area contributed by atoms with E-state index in [4.69, 9.17) is 23.1 Å². The van der Waals surface area contributed by atoms with Gasteiger partial charge in [-0.15, -0.1) is 0 Å². The highest BCUT2D eigenvalue weighted by atomic mass is 35.5. The molecule has 0 fully saturated rings. The predicted molar refractivity (Wildman–Crippen MR) is 73.5 cm³/mol. The third-order valence-electron chi connectivity index (χ3n) is 2.55. The Balaban J connectivity index is 2.48. The average Bonchev–Trinajstić information content (AvgIpc) is 2.71. The number of rotatable bonds is 2. The summed E-state index contributed by atoms with van der Waals surface area (Å²) in [5, 5.41) is 4.67. The van der Waals surface area contributed by atoms with Crippen molar-refractivity contribution in [2.75, 3.05) is 0 Å². The van der Waals surface area contributed by atoms with Crippen LogP contribution in [0.1, 0.15) is 16.1 Å². The normalized spacial score (nSPS) is 10.2. The summed E-state index contributed by atoms with van der Waals surface area (Å²) >= 11 is 6.09. The fourth-order valence-electron chi connectivity index (χ4n) is 1.66. The van der Waals surface area contributed by atoms with E-state index in [9.17, 15) is 4.79 Å². The number of aliphatic imine (C=N–C) groups is 1. The molecule has 1 aromatic carbocycles. The van der Waals surface area contributed by atoms with Gasteiger partial charge in [0.05, 0.1) is 28.2 Å². The lowest BCUT2D eigenvalue weighted by Crippen LogP contribution is -2.24. The Kier molecular flexibility index (Phi) is 3.52. The number of benzene rings is 1. The molecule has 1 heterocycles. The highest BCUT2D eigenvalue weighted by Crippen LogP contribution is 2.22. The maximum Gasteiger partial charge on any atom is 0.283 e. The molecule has 0 spiro atoms. The molecule has 0 bridgehead atoms. The van der Waals surface area contributed by atoms with Crippen LogP contribution >= 0.6 is 11.6 Å². The number of nitrogens with zero attached hydrogens (tertiary/aromatic N) is 3. The number of aromatic nitrogens is 2. The molecule has 0 aliphatic rings. The highest BCUT2D eigenvalue weighted by molar-refractivity contribution is 6.32. The van der Waals surface area contributed by atoms with Crippen molar-refractivity contribution in [1.29, 1.82) is 0 Å². The molecular weight excluding hydrogens is 266 g/mol. The molecule has 0 aliphatic heterocycles. The lowest BCUT2D eigenvalue weighted by Gasteiger charge is -2.06. The van der Waals surface area contributed by atoms with Crippen LogP contribution in [0.4, 0.5) is 0 Å². The van der Waals surface area contributed by atoms with Crippen LogP contribution in [0.25, 0.3) is 5.69 Å². The van der Waals surface area contributed by atoms with Gasteiger partial charge in [-0.3, -0.25) is 4.79 Å². The summed E-state index contributed by atoms with van der Waals surface area (Å²) in [5.41, 5.74) is 12.0. The zero-order chi connectivity index (χ0) is 14.0. The third kappa shape index (κ3) is 2.58. The summed E-state index contributed by atoms with van der Waals surface area (Å²) < 4.78 is 1.57. The topological polar surface area (TPSA) is 99.3 Å². The van der Waals surface area contributed by atoms with Gasteiger partial charge in [0.25, 0.3) is 5.91 Å². The molecule has 0 radical (unpaired) electrons. The summed E-state index contributed by atoms with van der Waals surface area (Å²) in [5.74, 6) is -0.814. The largest absolute Gasteiger partial charge is 0.370 e. The van der Waals surface area contributed by atoms with E-state index in [2.05, 4.69) is 10.1 Å². The summed E-state index contributed by atoms with van der Waals surface area (Å²) in [6.45, 7) is 1.74. The number of guanidine groups is 1. The maximum atomic E-state index is 11.8. The van der Waals surface area contributed by atoms with Gasteiger partial charge >= 0.3 is 0 Å². The standard InChI is InChI=1S/C12H12ClN5O/c1-7-8(11(19)17-12(14)15)6-16-18(7)10-5-3-2-4-9(10)13/h2-6H,1H3,(H4,14,15,17,19). The molecule has 1 amide bonds. The molecule has 7 heteroatoms. The van der Waals surface area contributed by atoms with Crippen LogP contribution in [-0.4, -0.2) is 21.6 Å². The summed E-state index contributed by atoms with van der Waals surface area (Å²) in [6.07, 6.45) is 1.41. The molecule has 98 valence electrons. The van der Waals surface area contributed by atoms with Gasteiger partial charge in [-0.05, 0) is 19.1 Å². The molecule has 2 rings (SSSR count). The number of hydrogen-bond acceptors (Lipinski definition) is 2. The van der Waals surface area contributed by atoms with E-state index >= 15 is 0 Å². The van der Waals surface area contributed by atoms with Crippen LogP contribution in [-0.2, 0) is 0 Å². The Bertz CT molecular complexity index is 658. The van der Waals surface area contributed by atoms with Crippen LogP contribution in [0, 0.1) is 6.92 Å². The van der Waals surface area contributed by atoms with E-state index in [1.807, 2.05) is 12.1 Å². The van der Waals surface area contributed by atoms with Crippen LogP contribution in [0.2, 0.25) is 5.02 Å². The molecule has 19 heavy (non-hydrogen) atoms. The van der Waals surface area contributed by atoms with Gasteiger partial charge in [0.2, 0.25) is 0 Å². The predicted octanol–water partition coefficient (Wildman–Crippen LogP) is 1.25. The number of carbonyl (C=O) groups excluding carboxylic acids is 1. The van der Waals surface area contributed by atoms with Gasteiger partial charge in [-0.2, -0.15) is 10.1 Å². The smallest absolute Gasteiger partial charge is 0.283 e. The van der Waals surface area contributed by atoms with Crippen molar-refractivity contribution in [3.8, 4) is 5.69 Å². The van der Waals surface area contributed by atoms with Crippen molar-refractivity contribution in [3.05, 3.63) is 46.7 Å². The maximum absolute atomic E-state index is 11.8. The van der Waals surface area contributed by atoms with Crippen LogP contribution in [0.15, 0.2) is 35.5 Å². The number of amides is 1. The summed E-state index contributed by atoms with van der Waals surface area (Å²) in [7, 11) is 0. The van der Waals surface area contributed by atoms with E-state index < -0.39 is 5.91 Å². The minimum Gasteiger partial charge on any atom is -0.370 e. The van der Waals surface area contributed by atoms with E-state index in [0.717, 1.165) is 0 Å². The van der Waals surface area contributed by atoms with Gasteiger partial charge in [0.15, 0.2) is 5.96 Å². The first kappa shape index (κ1) is 13.1. The van der Waals surface area contributed by atoms with Crippen molar-refractivity contribution in [3.63, 3.8) is 0 Å². The Morgan fingerprint density at radius 3 is 2.68 bits per heavy atom. The monoisotopic (exact) mass is 277 g/mol. The van der Waals surface area contributed by atoms with Gasteiger partial charge in [0, 0.05) is 0 Å². The summed E-state index contributed by atoms with van der Waals surface area (Å²) in [4.78, 5) is 15.3. The molecule has 0 aliphatic carbocycles. The number of carbonyl (C=O) groups is 1. The highest BCUT2D eigenvalue weighted by Gasteiger charge is 2.15. The lowest BCUT2D eigenvalue weighted by molar-refractivity contribution is 0.100. The van der Waals surface area contributed by atoms with Crippen LogP contribution in [0.5, 0.6) is 0 Å². The second-order valence-electron chi connectivity index (χ2n) is 3.85. The Morgan fingerprint density at radius 1 is 1.37 bits per heavy atom. The Hall–Kier alpha value is -2.34. The van der Waals surface area contributed by atoms with Gasteiger partial charge in [-0.1, -0.05) is 23.7 Å². The van der Waals surface area contributed by atoms with Crippen molar-refractivity contribution in [1.82, 2.24) is 9.78 Å². The molecule has 0 saturated carbocycles. The third-order valence-corrected chi connectivity index (χ3v) is 2.87.